The van der Waals surface area contributed by atoms with E-state index in [-0.39, 0.29) is 0 Å². The normalized spacial score (nSPS) is 11.7. The number of unbranched alkanes of at least 4 members (excludes halogenated alkanes) is 1. The van der Waals surface area contributed by atoms with Gasteiger partial charge in [0.05, 0.1) is 11.3 Å². The van der Waals surface area contributed by atoms with Gasteiger partial charge in [-0.25, -0.2) is 4.98 Å². The molecule has 21 heavy (non-hydrogen) atoms. The van der Waals surface area contributed by atoms with Gasteiger partial charge in [0.15, 0.2) is 0 Å². The molecule has 0 atom stereocenters. The number of hydrogen-bond donors (Lipinski definition) is 1. The number of imidazole rings is 1. The molecule has 0 aliphatic rings. The van der Waals surface area contributed by atoms with E-state index in [0.29, 0.717) is 16.1 Å². The lowest BCUT2D eigenvalue weighted by Crippen LogP contribution is -2.10. The fourth-order valence-corrected chi connectivity index (χ4v) is 2.32. The predicted molar refractivity (Wildman–Crippen MR) is 79.7 cm³/mol. The molecule has 0 aliphatic carbocycles. The fraction of sp³-hybridized carbons (Fsp3) is 0.357. The van der Waals surface area contributed by atoms with Crippen LogP contribution in [0.2, 0.25) is 0 Å². The molecule has 0 bridgehead atoms. The Kier molecular flexibility index (Phi) is 4.92. The Balaban J connectivity index is 2.36. The standard InChI is InChI=1S/C14H15BrF3N3/c1-2-3-6-19-13-20-7-8-21(13)12-9-10(14(16,17)18)4-5-11(12)15/h4-5,7-9H,2-3,6H2,1H3,(H,19,20). The van der Waals surface area contributed by atoms with Crippen LogP contribution in [-0.4, -0.2) is 16.1 Å². The fourth-order valence-electron chi connectivity index (χ4n) is 1.88. The Morgan fingerprint density at radius 3 is 2.76 bits per heavy atom. The van der Waals surface area contributed by atoms with Gasteiger partial charge in [-0.1, -0.05) is 13.3 Å². The maximum Gasteiger partial charge on any atom is 0.416 e. The van der Waals surface area contributed by atoms with Crippen molar-refractivity contribution in [2.24, 2.45) is 0 Å². The van der Waals surface area contributed by atoms with E-state index in [9.17, 15) is 13.2 Å². The van der Waals surface area contributed by atoms with E-state index in [4.69, 9.17) is 0 Å². The monoisotopic (exact) mass is 361 g/mol. The number of aromatic nitrogens is 2. The first-order valence-electron chi connectivity index (χ1n) is 6.58. The smallest absolute Gasteiger partial charge is 0.355 e. The summed E-state index contributed by atoms with van der Waals surface area (Å²) in [6.07, 6.45) is 0.818. The van der Waals surface area contributed by atoms with E-state index in [0.717, 1.165) is 31.5 Å². The topological polar surface area (TPSA) is 29.9 Å². The summed E-state index contributed by atoms with van der Waals surface area (Å²) in [6, 6.07) is 3.56. The van der Waals surface area contributed by atoms with Crippen molar-refractivity contribution in [2.75, 3.05) is 11.9 Å². The van der Waals surface area contributed by atoms with Gasteiger partial charge >= 0.3 is 6.18 Å². The molecule has 0 unspecified atom stereocenters. The highest BCUT2D eigenvalue weighted by Gasteiger charge is 2.31. The van der Waals surface area contributed by atoms with Crippen molar-refractivity contribution in [1.82, 2.24) is 9.55 Å². The minimum Gasteiger partial charge on any atom is -0.355 e. The number of anilines is 1. The van der Waals surface area contributed by atoms with Crippen LogP contribution < -0.4 is 5.32 Å². The van der Waals surface area contributed by atoms with Crippen LogP contribution in [0.1, 0.15) is 25.3 Å². The Labute approximate surface area is 129 Å². The summed E-state index contributed by atoms with van der Waals surface area (Å²) < 4.78 is 40.7. The second kappa shape index (κ2) is 6.51. The minimum absolute atomic E-state index is 0.404. The summed E-state index contributed by atoms with van der Waals surface area (Å²) in [4.78, 5) is 4.15. The number of hydrogen-bond acceptors (Lipinski definition) is 2. The Morgan fingerprint density at radius 2 is 2.10 bits per heavy atom. The Bertz CT molecular complexity index is 608. The Morgan fingerprint density at radius 1 is 1.33 bits per heavy atom. The highest BCUT2D eigenvalue weighted by molar-refractivity contribution is 9.10. The van der Waals surface area contributed by atoms with Gasteiger partial charge in [-0.15, -0.1) is 0 Å². The molecular formula is C14H15BrF3N3. The third-order valence-electron chi connectivity index (χ3n) is 2.99. The molecule has 2 rings (SSSR count). The van der Waals surface area contributed by atoms with Gasteiger partial charge in [0, 0.05) is 23.4 Å². The number of nitrogens with zero attached hydrogens (tertiary/aromatic N) is 2. The lowest BCUT2D eigenvalue weighted by atomic mass is 10.2. The summed E-state index contributed by atoms with van der Waals surface area (Å²) in [7, 11) is 0. The average Bonchev–Trinajstić information content (AvgIpc) is 2.86. The van der Waals surface area contributed by atoms with Gasteiger partial charge in [0.25, 0.3) is 0 Å². The summed E-state index contributed by atoms with van der Waals surface area (Å²) in [5.41, 5.74) is -0.282. The number of halogens is 4. The van der Waals surface area contributed by atoms with E-state index < -0.39 is 11.7 Å². The molecular weight excluding hydrogens is 347 g/mol. The molecule has 1 aromatic heterocycles. The van der Waals surface area contributed by atoms with E-state index in [1.807, 2.05) is 0 Å². The molecule has 7 heteroatoms. The summed E-state index contributed by atoms with van der Waals surface area (Å²) in [6.45, 7) is 2.79. The highest BCUT2D eigenvalue weighted by Crippen LogP contribution is 2.34. The average molecular weight is 362 g/mol. The van der Waals surface area contributed by atoms with E-state index in [2.05, 4.69) is 33.2 Å². The van der Waals surface area contributed by atoms with Crippen molar-refractivity contribution in [1.29, 1.82) is 0 Å². The zero-order valence-electron chi connectivity index (χ0n) is 11.4. The predicted octanol–water partition coefficient (Wildman–Crippen LogP) is 4.87. The van der Waals surface area contributed by atoms with Crippen molar-refractivity contribution in [2.45, 2.75) is 25.9 Å². The van der Waals surface area contributed by atoms with Crippen LogP contribution in [0.25, 0.3) is 5.69 Å². The lowest BCUT2D eigenvalue weighted by Gasteiger charge is -2.14. The van der Waals surface area contributed by atoms with E-state index in [1.54, 1.807) is 17.0 Å². The SMILES string of the molecule is CCCCNc1nccn1-c1cc(C(F)(F)F)ccc1Br. The van der Waals surface area contributed by atoms with Gasteiger partial charge in [-0.05, 0) is 40.5 Å². The second-order valence-corrected chi connectivity index (χ2v) is 5.42. The maximum absolute atomic E-state index is 12.8. The minimum atomic E-state index is -4.37. The van der Waals surface area contributed by atoms with E-state index >= 15 is 0 Å². The number of nitrogens with one attached hydrogen (secondary N) is 1. The largest absolute Gasteiger partial charge is 0.416 e. The van der Waals surface area contributed by atoms with Crippen LogP contribution in [0.4, 0.5) is 19.1 Å². The maximum atomic E-state index is 12.8. The first-order chi connectivity index (χ1) is 9.93. The Hall–Kier alpha value is -1.50. The second-order valence-electron chi connectivity index (χ2n) is 4.57. The molecule has 114 valence electrons. The first kappa shape index (κ1) is 15.9. The zero-order valence-corrected chi connectivity index (χ0v) is 13.0. The van der Waals surface area contributed by atoms with Crippen molar-refractivity contribution in [3.05, 3.63) is 40.6 Å². The van der Waals surface area contributed by atoms with Gasteiger partial charge in [-0.3, -0.25) is 4.57 Å². The molecule has 3 nitrogen and oxygen atoms in total. The zero-order chi connectivity index (χ0) is 15.5. The molecule has 0 fully saturated rings. The molecule has 1 aromatic carbocycles. The summed E-state index contributed by atoms with van der Waals surface area (Å²) in [5.74, 6) is 0.531. The van der Waals surface area contributed by atoms with Crippen LogP contribution >= 0.6 is 15.9 Å². The van der Waals surface area contributed by atoms with Gasteiger partial charge in [0.1, 0.15) is 0 Å². The molecule has 1 heterocycles. The number of benzene rings is 1. The van der Waals surface area contributed by atoms with Gasteiger partial charge < -0.3 is 5.32 Å². The summed E-state index contributed by atoms with van der Waals surface area (Å²) >= 11 is 3.29. The molecule has 0 spiro atoms. The third-order valence-corrected chi connectivity index (χ3v) is 3.66. The van der Waals surface area contributed by atoms with Gasteiger partial charge in [0.2, 0.25) is 5.95 Å². The van der Waals surface area contributed by atoms with Crippen LogP contribution in [0.15, 0.2) is 35.1 Å². The molecule has 0 saturated carbocycles. The number of rotatable bonds is 5. The van der Waals surface area contributed by atoms with E-state index in [1.165, 1.54) is 6.07 Å². The van der Waals surface area contributed by atoms with Crippen LogP contribution in [-0.2, 0) is 6.18 Å². The molecule has 0 saturated heterocycles. The van der Waals surface area contributed by atoms with Crippen molar-refractivity contribution in [3.8, 4) is 5.69 Å². The molecule has 2 aromatic rings. The van der Waals surface area contributed by atoms with Crippen molar-refractivity contribution in [3.63, 3.8) is 0 Å². The van der Waals surface area contributed by atoms with Crippen molar-refractivity contribution >= 4 is 21.9 Å². The summed E-state index contributed by atoms with van der Waals surface area (Å²) in [5, 5.41) is 3.13. The lowest BCUT2D eigenvalue weighted by molar-refractivity contribution is -0.137. The molecule has 0 aliphatic heterocycles. The van der Waals surface area contributed by atoms with Crippen LogP contribution in [0.3, 0.4) is 0 Å². The van der Waals surface area contributed by atoms with Crippen LogP contribution in [0, 0.1) is 0 Å². The first-order valence-corrected chi connectivity index (χ1v) is 7.37. The van der Waals surface area contributed by atoms with Gasteiger partial charge in [-0.2, -0.15) is 13.2 Å². The molecule has 0 amide bonds. The van der Waals surface area contributed by atoms with Crippen LogP contribution in [0.5, 0.6) is 0 Å². The third kappa shape index (κ3) is 3.78. The molecule has 0 radical (unpaired) electrons. The highest BCUT2D eigenvalue weighted by atomic mass is 79.9. The quantitative estimate of drug-likeness (QED) is 0.770. The molecule has 1 N–H and O–H groups in total. The van der Waals surface area contributed by atoms with Crippen molar-refractivity contribution < 1.29 is 13.2 Å². The number of alkyl halides is 3.